The molecule has 4 heteroatoms. The minimum atomic E-state index is -0.254. The third-order valence-corrected chi connectivity index (χ3v) is 4.11. The number of nitrogens with two attached hydrogens (primary N) is 1. The van der Waals surface area contributed by atoms with Crippen molar-refractivity contribution < 1.29 is 4.39 Å². The molecule has 0 radical (unpaired) electrons. The summed E-state index contributed by atoms with van der Waals surface area (Å²) in [6.45, 7) is 4.43. The summed E-state index contributed by atoms with van der Waals surface area (Å²) in [6, 6.07) is 4.61. The Kier molecular flexibility index (Phi) is 3.43. The van der Waals surface area contributed by atoms with Crippen molar-refractivity contribution in [2.75, 3.05) is 0 Å². The van der Waals surface area contributed by atoms with Crippen LogP contribution < -0.4 is 11.3 Å². The molecule has 2 rings (SSSR count). The van der Waals surface area contributed by atoms with Gasteiger partial charge in [-0.3, -0.25) is 11.3 Å². The molecule has 3 N–H and O–H groups in total. The molecular formula is C13H18ClFN2. The lowest BCUT2D eigenvalue weighted by molar-refractivity contribution is 0.408. The Morgan fingerprint density at radius 1 is 1.59 bits per heavy atom. The monoisotopic (exact) mass is 256 g/mol. The van der Waals surface area contributed by atoms with Crippen molar-refractivity contribution >= 4 is 11.6 Å². The SMILES string of the molecule is CC1(C)CC1C(Cc1cc(F)ccc1Cl)NN. The average Bonchev–Trinajstić information content (AvgIpc) is 2.89. The van der Waals surface area contributed by atoms with E-state index in [1.807, 2.05) is 0 Å². The maximum Gasteiger partial charge on any atom is 0.123 e. The van der Waals surface area contributed by atoms with Crippen molar-refractivity contribution in [3.63, 3.8) is 0 Å². The summed E-state index contributed by atoms with van der Waals surface area (Å²) < 4.78 is 13.2. The number of benzene rings is 1. The number of rotatable bonds is 4. The standard InChI is InChI=1S/C13H18ClFN2/c1-13(2)7-10(13)12(17-16)6-8-5-9(15)3-4-11(8)14/h3-5,10,12,17H,6-7,16H2,1-2H3. The zero-order valence-electron chi connectivity index (χ0n) is 10.1. The molecule has 1 saturated carbocycles. The molecule has 1 aromatic carbocycles. The van der Waals surface area contributed by atoms with Gasteiger partial charge in [-0.25, -0.2) is 4.39 Å². The second kappa shape index (κ2) is 4.56. The van der Waals surface area contributed by atoms with Gasteiger partial charge >= 0.3 is 0 Å². The van der Waals surface area contributed by atoms with Crippen molar-refractivity contribution in [1.82, 2.24) is 5.43 Å². The number of hydrazine groups is 1. The third kappa shape index (κ3) is 2.79. The van der Waals surface area contributed by atoms with Crippen molar-refractivity contribution in [2.45, 2.75) is 32.7 Å². The molecular weight excluding hydrogens is 239 g/mol. The molecule has 0 heterocycles. The van der Waals surface area contributed by atoms with E-state index in [4.69, 9.17) is 17.4 Å². The van der Waals surface area contributed by atoms with Crippen LogP contribution in [0.25, 0.3) is 0 Å². The van der Waals surface area contributed by atoms with Crippen LogP contribution in [0.15, 0.2) is 18.2 Å². The second-order valence-electron chi connectivity index (χ2n) is 5.51. The predicted octanol–water partition coefficient (Wildman–Crippen LogP) is 2.90. The molecule has 94 valence electrons. The molecule has 1 aliphatic rings. The lowest BCUT2D eigenvalue weighted by Crippen LogP contribution is -2.39. The van der Waals surface area contributed by atoms with Crippen LogP contribution in [-0.4, -0.2) is 6.04 Å². The molecule has 0 aromatic heterocycles. The Hall–Kier alpha value is -0.640. The second-order valence-corrected chi connectivity index (χ2v) is 5.92. The zero-order chi connectivity index (χ0) is 12.6. The quantitative estimate of drug-likeness (QED) is 0.642. The molecule has 0 amide bonds. The van der Waals surface area contributed by atoms with Gasteiger partial charge < -0.3 is 0 Å². The Bertz CT molecular complexity index is 420. The van der Waals surface area contributed by atoms with Crippen LogP contribution in [0.1, 0.15) is 25.8 Å². The highest BCUT2D eigenvalue weighted by Crippen LogP contribution is 2.54. The molecule has 1 aromatic rings. The van der Waals surface area contributed by atoms with Crippen LogP contribution >= 0.6 is 11.6 Å². The highest BCUT2D eigenvalue weighted by molar-refractivity contribution is 6.31. The molecule has 1 fully saturated rings. The average molecular weight is 257 g/mol. The molecule has 0 bridgehead atoms. The Balaban J connectivity index is 2.11. The van der Waals surface area contributed by atoms with E-state index in [1.165, 1.54) is 12.1 Å². The van der Waals surface area contributed by atoms with E-state index < -0.39 is 0 Å². The van der Waals surface area contributed by atoms with E-state index >= 15 is 0 Å². The Labute approximate surface area is 106 Å². The minimum absolute atomic E-state index is 0.157. The third-order valence-electron chi connectivity index (χ3n) is 3.74. The molecule has 17 heavy (non-hydrogen) atoms. The molecule has 2 atom stereocenters. The summed E-state index contributed by atoms with van der Waals surface area (Å²) in [5.41, 5.74) is 3.98. The fraction of sp³-hybridized carbons (Fsp3) is 0.538. The topological polar surface area (TPSA) is 38.0 Å². The van der Waals surface area contributed by atoms with Crippen LogP contribution in [0.2, 0.25) is 5.02 Å². The molecule has 0 saturated heterocycles. The molecule has 2 nitrogen and oxygen atoms in total. The Morgan fingerprint density at radius 3 is 2.76 bits per heavy atom. The first kappa shape index (κ1) is 12.8. The van der Waals surface area contributed by atoms with Gasteiger partial charge in [-0.05, 0) is 47.9 Å². The highest BCUT2D eigenvalue weighted by atomic mass is 35.5. The van der Waals surface area contributed by atoms with Crippen LogP contribution in [-0.2, 0) is 6.42 Å². The molecule has 1 aliphatic carbocycles. The van der Waals surface area contributed by atoms with Crippen molar-refractivity contribution in [3.05, 3.63) is 34.6 Å². The maximum atomic E-state index is 13.2. The van der Waals surface area contributed by atoms with Crippen LogP contribution in [0, 0.1) is 17.2 Å². The van der Waals surface area contributed by atoms with E-state index in [0.717, 1.165) is 12.0 Å². The summed E-state index contributed by atoms with van der Waals surface area (Å²) in [5.74, 6) is 5.86. The first-order chi connectivity index (χ1) is 7.94. The molecule has 0 aliphatic heterocycles. The van der Waals surface area contributed by atoms with Gasteiger partial charge in [0.2, 0.25) is 0 Å². The van der Waals surface area contributed by atoms with Crippen LogP contribution in [0.5, 0.6) is 0 Å². The van der Waals surface area contributed by atoms with E-state index in [-0.39, 0.29) is 11.9 Å². The van der Waals surface area contributed by atoms with Crippen molar-refractivity contribution in [1.29, 1.82) is 0 Å². The smallest absolute Gasteiger partial charge is 0.123 e. The fourth-order valence-corrected chi connectivity index (χ4v) is 2.64. The minimum Gasteiger partial charge on any atom is -0.271 e. The van der Waals surface area contributed by atoms with Gasteiger partial charge in [0, 0.05) is 11.1 Å². The summed E-state index contributed by atoms with van der Waals surface area (Å²) in [7, 11) is 0. The van der Waals surface area contributed by atoms with Gasteiger partial charge in [0.15, 0.2) is 0 Å². The van der Waals surface area contributed by atoms with Gasteiger partial charge in [-0.15, -0.1) is 0 Å². The van der Waals surface area contributed by atoms with E-state index in [2.05, 4.69) is 19.3 Å². The summed E-state index contributed by atoms with van der Waals surface area (Å²) in [6.07, 6.45) is 1.82. The molecule has 2 unspecified atom stereocenters. The summed E-state index contributed by atoms with van der Waals surface area (Å²) in [4.78, 5) is 0. The predicted molar refractivity (Wildman–Crippen MR) is 68.1 cm³/mol. The lowest BCUT2D eigenvalue weighted by atomic mass is 9.98. The van der Waals surface area contributed by atoms with Crippen LogP contribution in [0.4, 0.5) is 4.39 Å². The maximum absolute atomic E-state index is 13.2. The lowest BCUT2D eigenvalue weighted by Gasteiger charge is -2.18. The highest BCUT2D eigenvalue weighted by Gasteiger charge is 2.49. The number of nitrogens with one attached hydrogen (secondary N) is 1. The number of hydrogen-bond acceptors (Lipinski definition) is 2. The fourth-order valence-electron chi connectivity index (χ4n) is 2.45. The summed E-state index contributed by atoms with van der Waals surface area (Å²) in [5, 5.41) is 0.602. The van der Waals surface area contributed by atoms with Crippen molar-refractivity contribution in [2.24, 2.45) is 17.2 Å². The Morgan fingerprint density at radius 2 is 2.24 bits per heavy atom. The van der Waals surface area contributed by atoms with Gasteiger partial charge in [0.05, 0.1) is 0 Å². The van der Waals surface area contributed by atoms with E-state index in [0.29, 0.717) is 22.8 Å². The van der Waals surface area contributed by atoms with Gasteiger partial charge in [0.25, 0.3) is 0 Å². The van der Waals surface area contributed by atoms with Gasteiger partial charge in [0.1, 0.15) is 5.82 Å². The first-order valence-electron chi connectivity index (χ1n) is 5.84. The first-order valence-corrected chi connectivity index (χ1v) is 6.22. The normalized spacial score (nSPS) is 23.5. The van der Waals surface area contributed by atoms with E-state index in [1.54, 1.807) is 6.07 Å². The van der Waals surface area contributed by atoms with Crippen molar-refractivity contribution in [3.8, 4) is 0 Å². The van der Waals surface area contributed by atoms with Gasteiger partial charge in [-0.1, -0.05) is 25.4 Å². The largest absolute Gasteiger partial charge is 0.271 e. The zero-order valence-corrected chi connectivity index (χ0v) is 10.9. The van der Waals surface area contributed by atoms with Gasteiger partial charge in [-0.2, -0.15) is 0 Å². The molecule has 0 spiro atoms. The van der Waals surface area contributed by atoms with E-state index in [9.17, 15) is 4.39 Å². The summed E-state index contributed by atoms with van der Waals surface area (Å²) >= 11 is 6.06. The van der Waals surface area contributed by atoms with Crippen LogP contribution in [0.3, 0.4) is 0 Å². The number of halogens is 2. The number of hydrogen-bond donors (Lipinski definition) is 2.